The summed E-state index contributed by atoms with van der Waals surface area (Å²) in [6.07, 6.45) is 28.5. The Hall–Kier alpha value is -1.66. The third kappa shape index (κ3) is 16.1. The minimum Gasteiger partial charge on any atom is -0.310 e. The fourth-order valence-electron chi connectivity index (χ4n) is 6.08. The smallest absolute Gasteiger partial charge is 0.287 e. The number of carbonyl (C=O) groups excluding carboxylic acids is 1. The van der Waals surface area contributed by atoms with Crippen LogP contribution in [0.5, 0.6) is 0 Å². The second-order valence-electron chi connectivity index (χ2n) is 13.1. The monoisotopic (exact) mass is 661 g/mol. The van der Waals surface area contributed by atoms with E-state index in [-0.39, 0.29) is 11.5 Å². The number of H-pyrrole nitrogens is 1. The molecule has 7 heteroatoms. The molecule has 256 valence electrons. The maximum atomic E-state index is 13.6. The number of thioether (sulfide) groups is 1. The normalized spacial score (nSPS) is 11.4. The number of halogens is 1. The molecule has 0 aliphatic heterocycles. The molecule has 1 aromatic heterocycles. The number of carbonyl (C=O) groups is 1. The van der Waals surface area contributed by atoms with Gasteiger partial charge in [0, 0.05) is 6.42 Å². The van der Waals surface area contributed by atoms with E-state index >= 15 is 0 Å². The van der Waals surface area contributed by atoms with E-state index in [9.17, 15) is 9.59 Å². The Morgan fingerprint density at radius 1 is 0.733 bits per heavy atom. The number of unbranched alkanes of at least 4 members (excludes halogenated alkanes) is 20. The van der Waals surface area contributed by atoms with Gasteiger partial charge >= 0.3 is 0 Å². The molecule has 0 atom stereocenters. The Morgan fingerprint density at radius 2 is 1.20 bits per heavy atom. The summed E-state index contributed by atoms with van der Waals surface area (Å²) in [6.45, 7) is 8.48. The Morgan fingerprint density at radius 3 is 1.69 bits per heavy atom. The second-order valence-corrected chi connectivity index (χ2v) is 14.6. The van der Waals surface area contributed by atoms with Crippen LogP contribution in [0.1, 0.15) is 173 Å². The number of anilines is 1. The molecule has 0 unspecified atom stereocenters. The summed E-state index contributed by atoms with van der Waals surface area (Å²) >= 11 is 8.17. The topological polar surface area (TPSA) is 66.9 Å². The van der Waals surface area contributed by atoms with Crippen LogP contribution < -0.4 is 10.9 Å². The van der Waals surface area contributed by atoms with Crippen LogP contribution in [0.25, 0.3) is 5.69 Å². The zero-order valence-electron chi connectivity index (χ0n) is 29.2. The van der Waals surface area contributed by atoms with E-state index in [1.165, 1.54) is 127 Å². The van der Waals surface area contributed by atoms with E-state index < -0.39 is 0 Å². The van der Waals surface area contributed by atoms with Crippen molar-refractivity contribution in [2.45, 2.75) is 180 Å². The van der Waals surface area contributed by atoms with E-state index in [0.29, 0.717) is 27.8 Å². The Bertz CT molecular complexity index is 1120. The quantitative estimate of drug-likeness (QED) is 0.0739. The number of rotatable bonds is 27. The fourth-order valence-corrected chi connectivity index (χ4v) is 7.50. The predicted molar refractivity (Wildman–Crippen MR) is 198 cm³/mol. The van der Waals surface area contributed by atoms with Gasteiger partial charge in [0.25, 0.3) is 5.56 Å². The molecule has 2 aromatic rings. The molecule has 0 bridgehead atoms. The summed E-state index contributed by atoms with van der Waals surface area (Å²) in [5.41, 5.74) is 2.47. The van der Waals surface area contributed by atoms with E-state index in [1.807, 2.05) is 26.0 Å². The van der Waals surface area contributed by atoms with Crippen LogP contribution in [-0.4, -0.2) is 21.4 Å². The molecule has 45 heavy (non-hydrogen) atoms. The van der Waals surface area contributed by atoms with Crippen LogP contribution in [0.4, 0.5) is 5.82 Å². The molecular formula is C38H64ClN3O2S. The van der Waals surface area contributed by atoms with Crippen LogP contribution >= 0.6 is 23.4 Å². The number of hydrogen-bond acceptors (Lipinski definition) is 3. The number of nitrogens with one attached hydrogen (secondary N) is 2. The minimum atomic E-state index is -0.151. The molecule has 5 nitrogen and oxygen atoms in total. The molecule has 0 fully saturated rings. The number of hydrogen-bond donors (Lipinski definition) is 2. The summed E-state index contributed by atoms with van der Waals surface area (Å²) in [5, 5.41) is 6.77. The van der Waals surface area contributed by atoms with Crippen LogP contribution in [0.2, 0.25) is 5.02 Å². The molecule has 1 aromatic carbocycles. The second kappa shape index (κ2) is 24.5. The van der Waals surface area contributed by atoms with E-state index in [0.717, 1.165) is 36.1 Å². The first kappa shape index (κ1) is 39.5. The molecule has 1 amide bonds. The molecule has 1 heterocycles. The average molecular weight is 662 g/mol. The molecule has 2 rings (SSSR count). The largest absolute Gasteiger partial charge is 0.310 e. The van der Waals surface area contributed by atoms with Gasteiger partial charge in [0.05, 0.1) is 10.7 Å². The lowest BCUT2D eigenvalue weighted by molar-refractivity contribution is -0.116. The summed E-state index contributed by atoms with van der Waals surface area (Å²) in [7, 11) is 0. The minimum absolute atomic E-state index is 0.0389. The first-order valence-electron chi connectivity index (χ1n) is 18.4. The highest BCUT2D eigenvalue weighted by atomic mass is 35.5. The van der Waals surface area contributed by atoms with E-state index in [1.54, 1.807) is 11.8 Å². The number of aromatic amines is 1. The van der Waals surface area contributed by atoms with Crippen molar-refractivity contribution < 1.29 is 4.79 Å². The SMILES string of the molecule is CCCCCCCCCCCCCCC(=O)Nc1[nH]n(-c2c(C)cc(C)cc2Cl)c(=O)c1SCCCCCCCCCCCC. The Labute approximate surface area is 284 Å². The lowest BCUT2D eigenvalue weighted by Crippen LogP contribution is -2.17. The van der Waals surface area contributed by atoms with Gasteiger partial charge in [-0.15, -0.1) is 11.8 Å². The zero-order valence-corrected chi connectivity index (χ0v) is 30.7. The van der Waals surface area contributed by atoms with Crippen molar-refractivity contribution >= 4 is 35.1 Å². The number of aryl methyl sites for hydroxylation is 2. The first-order valence-corrected chi connectivity index (χ1v) is 19.8. The van der Waals surface area contributed by atoms with Gasteiger partial charge in [-0.05, 0) is 49.6 Å². The molecule has 0 spiro atoms. The Kier molecular flexibility index (Phi) is 21.5. The zero-order chi connectivity index (χ0) is 32.7. The van der Waals surface area contributed by atoms with Gasteiger partial charge in [0.2, 0.25) is 5.91 Å². The molecule has 0 saturated heterocycles. The van der Waals surface area contributed by atoms with Crippen LogP contribution in [-0.2, 0) is 4.79 Å². The van der Waals surface area contributed by atoms with Gasteiger partial charge in [-0.3, -0.25) is 14.7 Å². The van der Waals surface area contributed by atoms with Gasteiger partial charge in [-0.1, -0.05) is 160 Å². The predicted octanol–water partition coefficient (Wildman–Crippen LogP) is 12.5. The first-order chi connectivity index (χ1) is 21.9. The van der Waals surface area contributed by atoms with Crippen molar-refractivity contribution in [3.05, 3.63) is 38.6 Å². The number of benzene rings is 1. The summed E-state index contributed by atoms with van der Waals surface area (Å²) in [6, 6.07) is 3.90. The van der Waals surface area contributed by atoms with Crippen molar-refractivity contribution in [3.8, 4) is 5.69 Å². The molecule has 0 radical (unpaired) electrons. The van der Waals surface area contributed by atoms with Crippen molar-refractivity contribution in [2.24, 2.45) is 0 Å². The maximum Gasteiger partial charge on any atom is 0.287 e. The number of nitrogens with zero attached hydrogens (tertiary/aromatic N) is 1. The lowest BCUT2D eigenvalue weighted by atomic mass is 10.0. The molecule has 0 aliphatic carbocycles. The van der Waals surface area contributed by atoms with E-state index in [2.05, 4.69) is 24.3 Å². The van der Waals surface area contributed by atoms with Crippen molar-refractivity contribution in [2.75, 3.05) is 11.1 Å². The highest BCUT2D eigenvalue weighted by Crippen LogP contribution is 2.29. The van der Waals surface area contributed by atoms with Gasteiger partial charge in [0.1, 0.15) is 10.7 Å². The third-order valence-electron chi connectivity index (χ3n) is 8.74. The van der Waals surface area contributed by atoms with Crippen LogP contribution in [0, 0.1) is 13.8 Å². The van der Waals surface area contributed by atoms with Crippen LogP contribution in [0.15, 0.2) is 21.8 Å². The van der Waals surface area contributed by atoms with Gasteiger partial charge in [0.15, 0.2) is 0 Å². The summed E-state index contributed by atoms with van der Waals surface area (Å²) < 4.78 is 1.51. The van der Waals surface area contributed by atoms with Crippen molar-refractivity contribution in [1.29, 1.82) is 0 Å². The highest BCUT2D eigenvalue weighted by Gasteiger charge is 2.20. The van der Waals surface area contributed by atoms with Gasteiger partial charge in [-0.25, -0.2) is 4.68 Å². The van der Waals surface area contributed by atoms with Gasteiger partial charge in [-0.2, -0.15) is 0 Å². The number of aromatic nitrogens is 2. The Balaban J connectivity index is 1.85. The summed E-state index contributed by atoms with van der Waals surface area (Å²) in [4.78, 5) is 27.2. The van der Waals surface area contributed by atoms with Gasteiger partial charge < -0.3 is 5.32 Å². The third-order valence-corrected chi connectivity index (χ3v) is 10.2. The lowest BCUT2D eigenvalue weighted by Gasteiger charge is -2.10. The average Bonchev–Trinajstić information content (AvgIpc) is 3.29. The molecule has 0 aliphatic rings. The summed E-state index contributed by atoms with van der Waals surface area (Å²) in [5.74, 6) is 1.31. The van der Waals surface area contributed by atoms with Crippen molar-refractivity contribution in [1.82, 2.24) is 9.78 Å². The molecular weight excluding hydrogens is 598 g/mol. The molecule has 0 saturated carbocycles. The highest BCUT2D eigenvalue weighted by molar-refractivity contribution is 7.99. The standard InChI is InChI=1S/C38H64ClN3O2S/c1-5-7-9-11-13-15-17-18-19-21-23-25-27-34(43)40-37-36(45-28-26-24-22-20-16-14-12-10-8-6-2)38(44)42(41-37)35-32(4)29-31(3)30-33(35)39/h29-30,41H,5-28H2,1-4H3,(H,40,43). The van der Waals surface area contributed by atoms with Crippen molar-refractivity contribution in [3.63, 3.8) is 0 Å². The van der Waals surface area contributed by atoms with E-state index in [4.69, 9.17) is 11.6 Å². The fraction of sp³-hybridized carbons (Fsp3) is 0.737. The van der Waals surface area contributed by atoms with Crippen LogP contribution in [0.3, 0.4) is 0 Å². The maximum absolute atomic E-state index is 13.6. The molecule has 2 N–H and O–H groups in total. The number of amides is 1.